The molecule has 1 rings (SSSR count). The highest BCUT2D eigenvalue weighted by molar-refractivity contribution is 6.12. The quantitative estimate of drug-likeness (QED) is 0.341. The molecule has 60 heavy (non-hydrogen) atoms. The highest BCUT2D eigenvalue weighted by atomic mass is 16.2. The third-order valence-electron chi connectivity index (χ3n) is 4.60. The molecule has 0 atom stereocenters. The van der Waals surface area contributed by atoms with E-state index in [4.69, 9.17) is 12.8 Å². The largest absolute Gasteiger partial charge is 0.310 e. The summed E-state index contributed by atoms with van der Waals surface area (Å²) in [6, 6.07) is 0. The Balaban J connectivity index is 0.00000208. The summed E-state index contributed by atoms with van der Waals surface area (Å²) >= 11 is 0. The van der Waals surface area contributed by atoms with Gasteiger partial charge in [-0.2, -0.15) is 0 Å². The summed E-state index contributed by atoms with van der Waals surface area (Å²) in [7, 11) is 0. The number of carbonyl (C=O) groups is 2. The van der Waals surface area contributed by atoms with Gasteiger partial charge in [0.15, 0.2) is 0 Å². The van der Waals surface area contributed by atoms with Crippen molar-refractivity contribution in [1.29, 1.82) is 0 Å². The van der Waals surface area contributed by atoms with Crippen LogP contribution >= 0.6 is 0 Å². The van der Waals surface area contributed by atoms with E-state index in [9.17, 15) is 9.59 Å². The van der Waals surface area contributed by atoms with Crippen LogP contribution in [0.1, 0.15) is 20.8 Å². The zero-order valence-corrected chi connectivity index (χ0v) is 32.0. The Bertz CT molecular complexity index is 3080. The minimum absolute atomic E-state index is 0.0131. The Morgan fingerprint density at radius 1 is 0.367 bits per heavy atom. The minimum atomic E-state index is -0.217. The first-order valence-electron chi connectivity index (χ1n) is 16.0. The molecule has 0 unspecified atom stereocenters. The van der Waals surface area contributed by atoms with Gasteiger partial charge in [-0.05, 0) is 115 Å². The average molecular weight is 751 g/mol. The Kier molecular flexibility index (Phi) is 30.4. The third-order valence-corrected chi connectivity index (χ3v) is 4.60. The summed E-state index contributed by atoms with van der Waals surface area (Å²) in [4.78, 5) is 23.5. The van der Waals surface area contributed by atoms with Crippen molar-refractivity contribution in [2.75, 3.05) is 13.1 Å². The lowest BCUT2D eigenvalue weighted by molar-refractivity contribution is -0.136. The fraction of sp³-hybridized carbons (Fsp3) is 0.107. The maximum Gasteiger partial charge on any atom is 0.253 e. The van der Waals surface area contributed by atoms with E-state index in [1.54, 1.807) is 0 Å². The van der Waals surface area contributed by atoms with Gasteiger partial charge in [-0.1, -0.05) is 0 Å². The van der Waals surface area contributed by atoms with Gasteiger partial charge in [-0.25, -0.2) is 0 Å². The van der Waals surface area contributed by atoms with Crippen LogP contribution < -0.4 is 5.32 Å². The van der Waals surface area contributed by atoms with Crippen LogP contribution in [0.4, 0.5) is 0 Å². The van der Waals surface area contributed by atoms with Crippen molar-refractivity contribution in [3.63, 3.8) is 0 Å². The fourth-order valence-corrected chi connectivity index (χ4v) is 2.52. The molecule has 0 aromatic rings. The van der Waals surface area contributed by atoms with E-state index in [2.05, 4.69) is 266 Å². The van der Waals surface area contributed by atoms with E-state index in [1.807, 2.05) is 20.8 Å². The van der Waals surface area contributed by atoms with Crippen LogP contribution in [0.2, 0.25) is 0 Å². The first-order chi connectivity index (χ1) is 29.3. The molecule has 0 radical (unpaired) electrons. The highest BCUT2D eigenvalue weighted by Crippen LogP contribution is 2.03. The molecule has 0 spiro atoms. The van der Waals surface area contributed by atoms with E-state index in [-0.39, 0.29) is 17.4 Å². The number of rotatable bonds is 3. The number of hydrogen-bond donors (Lipinski definition) is 1. The molecule has 1 aliphatic rings. The molecule has 0 fully saturated rings. The molecule has 2 amide bonds. The molecule has 0 saturated carbocycles. The predicted molar refractivity (Wildman–Crippen MR) is 235 cm³/mol. The van der Waals surface area contributed by atoms with Gasteiger partial charge in [0.05, 0.1) is 0 Å². The standard InChI is InChI=1S/C46H2.C10H16N2O2/c1-3-5-7-9-11-13-15-17-19-21-23-25-27-29-31-33-35-37-39-41-43-45-46-44-42-40-38-36-34-32-30-28-26-24-22-20-18-16-14-12-10-8-6-4-2;1-10(2,3)11-6-7-12-8(13)4-5-9(12)14/h1-2H;4-5,11H,6-7H2,1-3H3. The van der Waals surface area contributed by atoms with Crippen LogP contribution in [0.15, 0.2) is 12.2 Å². The Hall–Kier alpha value is -11.3. The van der Waals surface area contributed by atoms with Gasteiger partial charge in [0, 0.05) is 197 Å². The molecule has 0 saturated heterocycles. The highest BCUT2D eigenvalue weighted by Gasteiger charge is 2.22. The molecule has 4 heteroatoms. The molecular formula is C56H18N2O2. The molecule has 0 aliphatic carbocycles. The Labute approximate surface area is 355 Å². The van der Waals surface area contributed by atoms with Crippen molar-refractivity contribution < 1.29 is 9.59 Å². The molecule has 0 aromatic carbocycles. The summed E-state index contributed by atoms with van der Waals surface area (Å²) in [6.07, 6.45) is 12.5. The summed E-state index contributed by atoms with van der Waals surface area (Å²) in [5, 5.41) is 3.22. The lowest BCUT2D eigenvalue weighted by atomic mass is 10.1. The maximum absolute atomic E-state index is 11.1. The summed E-state index contributed by atoms with van der Waals surface area (Å²) in [6.45, 7) is 7.18. The number of carbonyl (C=O) groups excluding carboxylic acids is 2. The fourth-order valence-electron chi connectivity index (χ4n) is 2.52. The monoisotopic (exact) mass is 750 g/mol. The maximum atomic E-state index is 11.1. The van der Waals surface area contributed by atoms with E-state index in [0.717, 1.165) is 0 Å². The summed E-state index contributed by atoms with van der Waals surface area (Å²) < 4.78 is 0. The summed E-state index contributed by atoms with van der Waals surface area (Å²) in [5.41, 5.74) is 0.0131. The molecule has 1 aliphatic heterocycles. The van der Waals surface area contributed by atoms with Crippen molar-refractivity contribution in [3.8, 4) is 273 Å². The second-order valence-corrected chi connectivity index (χ2v) is 9.88. The first-order valence-corrected chi connectivity index (χ1v) is 16.0. The zero-order valence-electron chi connectivity index (χ0n) is 32.0. The smallest absolute Gasteiger partial charge is 0.253 e. The first kappa shape index (κ1) is 48.7. The van der Waals surface area contributed by atoms with Gasteiger partial charge in [0.1, 0.15) is 0 Å². The van der Waals surface area contributed by atoms with E-state index in [1.165, 1.54) is 17.1 Å². The normalized spacial score (nSPS) is 6.92. The minimum Gasteiger partial charge on any atom is -0.310 e. The van der Waals surface area contributed by atoms with Gasteiger partial charge < -0.3 is 5.32 Å². The molecule has 0 aromatic heterocycles. The van der Waals surface area contributed by atoms with Crippen molar-refractivity contribution in [2.45, 2.75) is 26.3 Å². The number of nitrogens with one attached hydrogen (secondary N) is 1. The second kappa shape index (κ2) is 37.5. The molecule has 264 valence electrons. The van der Waals surface area contributed by atoms with Gasteiger partial charge in [-0.3, -0.25) is 14.5 Å². The van der Waals surface area contributed by atoms with Crippen molar-refractivity contribution >= 4 is 11.8 Å². The van der Waals surface area contributed by atoms with Crippen molar-refractivity contribution in [2.24, 2.45) is 0 Å². The second-order valence-electron chi connectivity index (χ2n) is 9.88. The van der Waals surface area contributed by atoms with Gasteiger partial charge in [-0.15, -0.1) is 12.8 Å². The number of hydrogen-bond acceptors (Lipinski definition) is 3. The number of amides is 2. The molecule has 1 N–H and O–H groups in total. The van der Waals surface area contributed by atoms with Crippen LogP contribution in [-0.2, 0) is 9.59 Å². The predicted octanol–water partition coefficient (Wildman–Crippen LogP) is 0.624. The SMILES string of the molecule is C#CC#CC#CC#CC#CC#CC#CC#CC#CC#CC#CC#CC#CC#CC#CC#CC#CC#CC#CC#CC#CC#CC#C.CC(C)(C)NCCN1C(=O)C=CC1=O. The summed E-state index contributed by atoms with van der Waals surface area (Å²) in [5.74, 6) is 108. The Morgan fingerprint density at radius 3 is 0.683 bits per heavy atom. The van der Waals surface area contributed by atoms with Crippen LogP contribution in [0, 0.1) is 273 Å². The average Bonchev–Trinajstić information content (AvgIpc) is 3.55. The van der Waals surface area contributed by atoms with E-state index >= 15 is 0 Å². The van der Waals surface area contributed by atoms with E-state index in [0.29, 0.717) is 13.1 Å². The number of nitrogens with zero attached hydrogens (tertiary/aromatic N) is 1. The van der Waals surface area contributed by atoms with Gasteiger partial charge >= 0.3 is 0 Å². The molecular weight excluding hydrogens is 733 g/mol. The van der Waals surface area contributed by atoms with Crippen LogP contribution in [0.5, 0.6) is 0 Å². The van der Waals surface area contributed by atoms with Crippen LogP contribution in [0.3, 0.4) is 0 Å². The third kappa shape index (κ3) is 36.5. The zero-order chi connectivity index (χ0) is 43.9. The number of terminal acetylenes is 2. The van der Waals surface area contributed by atoms with E-state index < -0.39 is 0 Å². The lowest BCUT2D eigenvalue weighted by Crippen LogP contribution is -2.43. The number of imide groups is 1. The van der Waals surface area contributed by atoms with Gasteiger partial charge in [0.25, 0.3) is 11.8 Å². The molecule has 0 bridgehead atoms. The van der Waals surface area contributed by atoms with Crippen molar-refractivity contribution in [1.82, 2.24) is 10.2 Å². The Morgan fingerprint density at radius 2 is 0.533 bits per heavy atom. The van der Waals surface area contributed by atoms with Gasteiger partial charge in [0.2, 0.25) is 0 Å². The van der Waals surface area contributed by atoms with Crippen molar-refractivity contribution in [3.05, 3.63) is 12.2 Å². The molecule has 1 heterocycles. The lowest BCUT2D eigenvalue weighted by Gasteiger charge is -2.22. The van der Waals surface area contributed by atoms with Crippen LogP contribution in [-0.4, -0.2) is 35.3 Å². The van der Waals surface area contributed by atoms with Crippen LogP contribution in [0.25, 0.3) is 0 Å². The topological polar surface area (TPSA) is 49.4 Å². The molecule has 4 nitrogen and oxygen atoms in total.